The minimum Gasteiger partial charge on any atom is -0.460 e. The highest BCUT2D eigenvalue weighted by Crippen LogP contribution is 2.35. The summed E-state index contributed by atoms with van der Waals surface area (Å²) in [7, 11) is 0. The van der Waals surface area contributed by atoms with Crippen molar-refractivity contribution in [3.63, 3.8) is 0 Å². The van der Waals surface area contributed by atoms with Gasteiger partial charge in [0.25, 0.3) is 0 Å². The lowest BCUT2D eigenvalue weighted by atomic mass is 9.96. The first-order valence-corrected chi connectivity index (χ1v) is 10.9. The van der Waals surface area contributed by atoms with Crippen molar-refractivity contribution in [2.75, 3.05) is 0 Å². The fourth-order valence-corrected chi connectivity index (χ4v) is 3.88. The molecule has 0 aliphatic rings. The Morgan fingerprint density at radius 2 is 1.29 bits per heavy atom. The van der Waals surface area contributed by atoms with Crippen LogP contribution < -0.4 is 0 Å². The Kier molecular flexibility index (Phi) is 7.64. The maximum Gasteiger partial charge on any atom is 0.308 e. The lowest BCUT2D eigenvalue weighted by Crippen LogP contribution is -2.34. The van der Waals surface area contributed by atoms with E-state index in [1.165, 1.54) is 11.1 Å². The summed E-state index contributed by atoms with van der Waals surface area (Å²) in [4.78, 5) is 15.3. The van der Waals surface area contributed by atoms with Crippen molar-refractivity contribution in [2.24, 2.45) is 0 Å². The van der Waals surface area contributed by atoms with Crippen LogP contribution in [0.5, 0.6) is 0 Å². The summed E-state index contributed by atoms with van der Waals surface area (Å²) in [6.07, 6.45) is 0.297. The number of carbonyl (C=O) groups excluding carboxylic acids is 1. The van der Waals surface area contributed by atoms with E-state index in [1.807, 2.05) is 51.1 Å². The highest BCUT2D eigenvalue weighted by Gasteiger charge is 2.30. The van der Waals surface area contributed by atoms with Crippen LogP contribution in [0.15, 0.2) is 91.0 Å². The first-order valence-electron chi connectivity index (χ1n) is 10.9. The summed E-state index contributed by atoms with van der Waals surface area (Å²) in [5.41, 5.74) is 3.05. The molecule has 3 aromatic rings. The summed E-state index contributed by atoms with van der Waals surface area (Å²) < 4.78 is 5.71. The Hall–Kier alpha value is -2.91. The molecule has 3 aromatic carbocycles. The Morgan fingerprint density at radius 3 is 1.81 bits per heavy atom. The predicted molar refractivity (Wildman–Crippen MR) is 126 cm³/mol. The van der Waals surface area contributed by atoms with Gasteiger partial charge in [-0.25, -0.2) is 0 Å². The van der Waals surface area contributed by atoms with E-state index >= 15 is 0 Å². The predicted octanol–water partition coefficient (Wildman–Crippen LogP) is 6.72. The van der Waals surface area contributed by atoms with Gasteiger partial charge in [0, 0.05) is 18.6 Å². The second kappa shape index (κ2) is 10.4. The monoisotopic (exact) mass is 415 g/mol. The first-order chi connectivity index (χ1) is 14.8. The smallest absolute Gasteiger partial charge is 0.308 e. The van der Waals surface area contributed by atoms with Crippen LogP contribution in [-0.4, -0.2) is 16.5 Å². The maximum absolute atomic E-state index is 12.9. The van der Waals surface area contributed by atoms with Gasteiger partial charge < -0.3 is 4.74 Å². The van der Waals surface area contributed by atoms with Gasteiger partial charge in [0.15, 0.2) is 0 Å². The van der Waals surface area contributed by atoms with E-state index in [1.54, 1.807) is 0 Å². The van der Waals surface area contributed by atoms with E-state index in [9.17, 15) is 4.79 Å². The zero-order valence-electron chi connectivity index (χ0n) is 19.0. The second-order valence-corrected chi connectivity index (χ2v) is 8.96. The Balaban J connectivity index is 1.99. The van der Waals surface area contributed by atoms with Crippen molar-refractivity contribution in [3.8, 4) is 0 Å². The molecule has 0 bridgehead atoms. The molecule has 3 rings (SSSR count). The number of benzene rings is 3. The van der Waals surface area contributed by atoms with Gasteiger partial charge in [0.1, 0.15) is 5.60 Å². The van der Waals surface area contributed by atoms with E-state index < -0.39 is 5.60 Å². The number of rotatable bonds is 8. The molecule has 0 unspecified atom stereocenters. The normalized spacial score (nSPS) is 13.6. The molecule has 0 saturated carbocycles. The third-order valence-electron chi connectivity index (χ3n) is 5.35. The van der Waals surface area contributed by atoms with Gasteiger partial charge in [-0.2, -0.15) is 0 Å². The topological polar surface area (TPSA) is 29.5 Å². The molecular formula is C28H33NO2. The molecule has 0 aromatic heterocycles. The third-order valence-corrected chi connectivity index (χ3v) is 5.35. The molecular weight excluding hydrogens is 382 g/mol. The van der Waals surface area contributed by atoms with Gasteiger partial charge in [0.05, 0.1) is 6.42 Å². The van der Waals surface area contributed by atoms with Crippen molar-refractivity contribution >= 4 is 5.97 Å². The van der Waals surface area contributed by atoms with Gasteiger partial charge in [-0.15, -0.1) is 0 Å². The SMILES string of the molecule is C[C@H](c1ccccc1)N(Cc1ccccc1)[C@@H](CC(=O)OC(C)(C)C)c1ccccc1. The molecule has 0 aliphatic carbocycles. The molecule has 2 atom stereocenters. The first kappa shape index (κ1) is 22.8. The van der Waals surface area contributed by atoms with Crippen LogP contribution in [0.25, 0.3) is 0 Å². The van der Waals surface area contributed by atoms with Crippen LogP contribution in [0.4, 0.5) is 0 Å². The minimum absolute atomic E-state index is 0.105. The van der Waals surface area contributed by atoms with Crippen LogP contribution in [0, 0.1) is 0 Å². The van der Waals surface area contributed by atoms with Crippen molar-refractivity contribution < 1.29 is 9.53 Å². The minimum atomic E-state index is -0.506. The van der Waals surface area contributed by atoms with Crippen molar-refractivity contribution in [1.29, 1.82) is 0 Å². The quantitative estimate of drug-likeness (QED) is 0.382. The average molecular weight is 416 g/mol. The van der Waals surface area contributed by atoms with Gasteiger partial charge in [-0.05, 0) is 44.4 Å². The number of carbonyl (C=O) groups is 1. The van der Waals surface area contributed by atoms with Gasteiger partial charge in [-0.3, -0.25) is 9.69 Å². The van der Waals surface area contributed by atoms with E-state index in [0.29, 0.717) is 6.42 Å². The lowest BCUT2D eigenvalue weighted by molar-refractivity contribution is -0.156. The fourth-order valence-electron chi connectivity index (χ4n) is 3.88. The number of hydrogen-bond acceptors (Lipinski definition) is 3. The van der Waals surface area contributed by atoms with Crippen LogP contribution >= 0.6 is 0 Å². The molecule has 0 heterocycles. The highest BCUT2D eigenvalue weighted by molar-refractivity contribution is 5.71. The molecule has 0 N–H and O–H groups in total. The number of hydrogen-bond donors (Lipinski definition) is 0. The van der Waals surface area contributed by atoms with Gasteiger partial charge >= 0.3 is 5.97 Å². The summed E-state index contributed by atoms with van der Waals surface area (Å²) in [6.45, 7) is 8.69. The molecule has 0 radical (unpaired) electrons. The molecule has 0 amide bonds. The number of ether oxygens (including phenoxy) is 1. The Morgan fingerprint density at radius 1 is 0.806 bits per heavy atom. The summed E-state index contributed by atoms with van der Waals surface area (Å²) in [5.74, 6) is -0.181. The van der Waals surface area contributed by atoms with E-state index in [4.69, 9.17) is 4.74 Å². The second-order valence-electron chi connectivity index (χ2n) is 8.96. The van der Waals surface area contributed by atoms with Crippen molar-refractivity contribution in [2.45, 2.75) is 58.3 Å². The molecule has 0 aliphatic heterocycles. The standard InChI is InChI=1S/C28H33NO2/c1-22(24-16-10-6-11-17-24)29(21-23-14-8-5-9-15-23)26(25-18-12-7-13-19-25)20-27(30)31-28(2,3)4/h5-19,22,26H,20-21H2,1-4H3/t22-,26+/m1/s1. The van der Waals surface area contributed by atoms with Crippen LogP contribution in [0.1, 0.15) is 62.9 Å². The van der Waals surface area contributed by atoms with Gasteiger partial charge in [-0.1, -0.05) is 91.0 Å². The Labute approximate surface area is 186 Å². The Bertz CT molecular complexity index is 933. The number of nitrogens with zero attached hydrogens (tertiary/aromatic N) is 1. The molecule has 0 fully saturated rings. The van der Waals surface area contributed by atoms with Crippen molar-refractivity contribution in [3.05, 3.63) is 108 Å². The van der Waals surface area contributed by atoms with E-state index in [0.717, 1.165) is 12.1 Å². The third kappa shape index (κ3) is 6.80. The highest BCUT2D eigenvalue weighted by atomic mass is 16.6. The largest absolute Gasteiger partial charge is 0.460 e. The van der Waals surface area contributed by atoms with Crippen LogP contribution in [0.2, 0.25) is 0 Å². The molecule has 3 nitrogen and oxygen atoms in total. The molecule has 31 heavy (non-hydrogen) atoms. The zero-order chi connectivity index (χ0) is 22.3. The average Bonchev–Trinajstić information content (AvgIpc) is 2.76. The summed E-state index contributed by atoms with van der Waals surface area (Å²) >= 11 is 0. The van der Waals surface area contributed by atoms with Crippen LogP contribution in [0.3, 0.4) is 0 Å². The summed E-state index contributed by atoms with van der Waals surface area (Å²) in [6, 6.07) is 31.2. The van der Waals surface area contributed by atoms with Gasteiger partial charge in [0.2, 0.25) is 0 Å². The van der Waals surface area contributed by atoms with Crippen LogP contribution in [-0.2, 0) is 16.1 Å². The van der Waals surface area contributed by atoms with E-state index in [2.05, 4.69) is 72.5 Å². The maximum atomic E-state index is 12.9. The molecule has 162 valence electrons. The van der Waals surface area contributed by atoms with E-state index in [-0.39, 0.29) is 18.1 Å². The lowest BCUT2D eigenvalue weighted by Gasteiger charge is -2.37. The summed E-state index contributed by atoms with van der Waals surface area (Å²) in [5, 5.41) is 0. The molecule has 0 spiro atoms. The molecule has 3 heteroatoms. The van der Waals surface area contributed by atoms with Crippen molar-refractivity contribution in [1.82, 2.24) is 4.90 Å². The zero-order valence-corrected chi connectivity index (χ0v) is 19.0. The number of esters is 1. The fraction of sp³-hybridized carbons (Fsp3) is 0.321. The molecule has 0 saturated heterocycles.